The number of nitrogens with zero attached hydrogens (tertiary/aromatic N) is 1. The molecule has 21 heavy (non-hydrogen) atoms. The van der Waals surface area contributed by atoms with Gasteiger partial charge in [-0.05, 0) is 6.42 Å². The first kappa shape index (κ1) is 34.4. The van der Waals surface area contributed by atoms with Crippen LogP contribution in [0.1, 0.15) is 12.8 Å². The Bertz CT molecular complexity index is 313. The molecule has 0 aliphatic heterocycles. The average Bonchev–Trinajstić information content (AvgIpc) is 2.15. The second kappa shape index (κ2) is 20.1. The molecular weight excluding hydrogens is 326 g/mol. The van der Waals surface area contributed by atoms with Crippen molar-refractivity contribution in [2.75, 3.05) is 13.1 Å². The van der Waals surface area contributed by atoms with Crippen molar-refractivity contribution in [3.05, 3.63) is 0 Å². The molecule has 1 unspecified atom stereocenters. The van der Waals surface area contributed by atoms with Gasteiger partial charge in [0.25, 0.3) is 0 Å². The SMILES string of the molecule is O=[C-]C(CCC(=O)[O-])N(CC(=O)[O-])CC(=O)[O-].[Na+].[Na+].[Na+].[Na+]. The second-order valence-corrected chi connectivity index (χ2v) is 3.19. The van der Waals surface area contributed by atoms with Gasteiger partial charge in [-0.2, -0.15) is 0 Å². The molecule has 0 amide bonds. The molecule has 0 heterocycles. The molecule has 0 rings (SSSR count). The van der Waals surface area contributed by atoms with Crippen molar-refractivity contribution < 1.29 is 153 Å². The second-order valence-electron chi connectivity index (χ2n) is 3.19. The van der Waals surface area contributed by atoms with E-state index in [4.69, 9.17) is 0 Å². The molecule has 12 heteroatoms. The van der Waals surface area contributed by atoms with Crippen LogP contribution in [0.3, 0.4) is 0 Å². The summed E-state index contributed by atoms with van der Waals surface area (Å²) in [6.45, 7) is -1.66. The van der Waals surface area contributed by atoms with Crippen LogP contribution in [-0.2, 0) is 19.2 Å². The Morgan fingerprint density at radius 1 is 0.857 bits per heavy atom. The molecule has 0 aromatic carbocycles. The molecule has 96 valence electrons. The van der Waals surface area contributed by atoms with Crippen LogP contribution in [0.2, 0.25) is 0 Å². The molecule has 0 bridgehead atoms. The van der Waals surface area contributed by atoms with Crippen molar-refractivity contribution >= 4 is 24.2 Å². The van der Waals surface area contributed by atoms with Crippen LogP contribution < -0.4 is 134 Å². The zero-order valence-corrected chi connectivity index (χ0v) is 20.7. The summed E-state index contributed by atoms with van der Waals surface area (Å²) in [4.78, 5) is 42.0. The van der Waals surface area contributed by atoms with Gasteiger partial charge < -0.3 is 39.4 Å². The zero-order valence-electron chi connectivity index (χ0n) is 12.7. The first-order valence-corrected chi connectivity index (χ1v) is 4.58. The fourth-order valence-corrected chi connectivity index (χ4v) is 1.18. The molecule has 0 fully saturated rings. The summed E-state index contributed by atoms with van der Waals surface area (Å²) >= 11 is 0. The van der Waals surface area contributed by atoms with E-state index in [0.717, 1.165) is 0 Å². The van der Waals surface area contributed by atoms with E-state index >= 15 is 0 Å². The van der Waals surface area contributed by atoms with Gasteiger partial charge in [-0.3, -0.25) is 0 Å². The summed E-state index contributed by atoms with van der Waals surface area (Å²) in [5.74, 6) is -4.63. The summed E-state index contributed by atoms with van der Waals surface area (Å²) in [5.41, 5.74) is 0. The minimum Gasteiger partial charge on any atom is -0.550 e. The molecule has 1 atom stereocenters. The van der Waals surface area contributed by atoms with Crippen LogP contribution in [-0.4, -0.2) is 48.2 Å². The van der Waals surface area contributed by atoms with Crippen LogP contribution >= 0.6 is 0 Å². The zero-order chi connectivity index (χ0) is 13.4. The summed E-state index contributed by atoms with van der Waals surface area (Å²) in [6.07, 6.45) is 0.554. The van der Waals surface area contributed by atoms with Crippen molar-refractivity contribution in [2.45, 2.75) is 18.9 Å². The first-order chi connectivity index (χ1) is 7.86. The van der Waals surface area contributed by atoms with E-state index in [1.807, 2.05) is 0 Å². The fraction of sp³-hybridized carbons (Fsp3) is 0.556. The number of rotatable bonds is 9. The van der Waals surface area contributed by atoms with Crippen LogP contribution in [0, 0.1) is 0 Å². The Hall–Kier alpha value is 2.04. The summed E-state index contributed by atoms with van der Waals surface area (Å²) < 4.78 is 0. The number of carbonyl (C=O) groups excluding carboxylic acids is 4. The first-order valence-electron chi connectivity index (χ1n) is 4.58. The van der Waals surface area contributed by atoms with Crippen LogP contribution in [0.15, 0.2) is 0 Å². The average molecular weight is 335 g/mol. The molecule has 0 radical (unpaired) electrons. The molecule has 0 spiro atoms. The van der Waals surface area contributed by atoms with Gasteiger partial charge in [0.2, 0.25) is 0 Å². The third kappa shape index (κ3) is 20.0. The van der Waals surface area contributed by atoms with Gasteiger partial charge in [0, 0.05) is 19.1 Å². The molecule has 0 aromatic heterocycles. The Morgan fingerprint density at radius 2 is 1.24 bits per heavy atom. The van der Waals surface area contributed by atoms with Crippen molar-refractivity contribution in [2.24, 2.45) is 0 Å². The number of aliphatic carboxylic acids is 3. The Labute approximate surface area is 210 Å². The summed E-state index contributed by atoms with van der Waals surface area (Å²) in [6, 6.07) is -1.27. The Kier molecular flexibility index (Phi) is 32.9. The third-order valence-corrected chi connectivity index (χ3v) is 1.86. The van der Waals surface area contributed by atoms with E-state index in [1.165, 1.54) is 6.29 Å². The number of carboxylic acids is 3. The number of carboxylic acid groups (broad SMARTS) is 3. The van der Waals surface area contributed by atoms with Crippen LogP contribution in [0.4, 0.5) is 0 Å². The quantitative estimate of drug-likeness (QED) is 0.299. The smallest absolute Gasteiger partial charge is 0.550 e. The molecule has 0 aliphatic rings. The molecule has 0 aliphatic carbocycles. The van der Waals surface area contributed by atoms with Crippen LogP contribution in [0.5, 0.6) is 0 Å². The van der Waals surface area contributed by atoms with Gasteiger partial charge in [-0.25, -0.2) is 6.29 Å². The predicted molar refractivity (Wildman–Crippen MR) is 45.3 cm³/mol. The molecule has 8 nitrogen and oxygen atoms in total. The molecule has 0 saturated heterocycles. The van der Waals surface area contributed by atoms with E-state index in [0.29, 0.717) is 4.90 Å². The Morgan fingerprint density at radius 3 is 1.48 bits per heavy atom. The van der Waals surface area contributed by atoms with E-state index < -0.39 is 43.5 Å². The van der Waals surface area contributed by atoms with Crippen LogP contribution in [0.25, 0.3) is 0 Å². The maximum Gasteiger partial charge on any atom is 1.00 e. The van der Waals surface area contributed by atoms with Gasteiger partial charge in [-0.1, -0.05) is 12.5 Å². The minimum atomic E-state index is -1.60. The maximum atomic E-state index is 10.5. The van der Waals surface area contributed by atoms with Gasteiger partial charge in [0.1, 0.15) is 0 Å². The van der Waals surface area contributed by atoms with Gasteiger partial charge in [-0.15, -0.1) is 0 Å². The van der Waals surface area contributed by atoms with Gasteiger partial charge >= 0.3 is 118 Å². The summed E-state index contributed by atoms with van der Waals surface area (Å²) in [7, 11) is 0. The molecule has 0 aromatic rings. The van der Waals surface area contributed by atoms with E-state index in [9.17, 15) is 34.5 Å². The van der Waals surface area contributed by atoms with E-state index in [-0.39, 0.29) is 125 Å². The summed E-state index contributed by atoms with van der Waals surface area (Å²) in [5, 5.41) is 30.8. The minimum absolute atomic E-state index is 0. The topological polar surface area (TPSA) is 141 Å². The third-order valence-electron chi connectivity index (χ3n) is 1.86. The van der Waals surface area contributed by atoms with Crippen molar-refractivity contribution in [3.63, 3.8) is 0 Å². The number of hydrogen-bond donors (Lipinski definition) is 0. The predicted octanol–water partition coefficient (Wildman–Crippen LogP) is -17.2. The number of carbonyl (C=O) groups is 3. The van der Waals surface area contributed by atoms with Gasteiger partial charge in [0.05, 0.1) is 11.9 Å². The monoisotopic (exact) mass is 335 g/mol. The van der Waals surface area contributed by atoms with Crippen molar-refractivity contribution in [3.8, 4) is 0 Å². The Balaban J connectivity index is -0.000000213. The fourth-order valence-electron chi connectivity index (χ4n) is 1.18. The maximum absolute atomic E-state index is 10.5. The van der Waals surface area contributed by atoms with Crippen molar-refractivity contribution in [1.29, 1.82) is 0 Å². The standard InChI is InChI=1S/C9H12NO7.4Na/c11-5-6(1-2-7(12)13)10(3-8(14)15)4-9(16)17;;;;/h6H,1-4H2,(H,12,13)(H,14,15)(H,16,17);;;;/q-1;4*+1/p-3. The van der Waals surface area contributed by atoms with E-state index in [2.05, 4.69) is 0 Å². The largest absolute Gasteiger partial charge is 1.00 e. The molecular formula is C9H9NNa4O7. The molecule has 0 saturated carbocycles. The van der Waals surface area contributed by atoms with Crippen molar-refractivity contribution in [1.82, 2.24) is 4.90 Å². The molecule has 0 N–H and O–H groups in total. The normalized spacial score (nSPS) is 9.76. The number of hydrogen-bond acceptors (Lipinski definition) is 8. The van der Waals surface area contributed by atoms with Gasteiger partial charge in [0.15, 0.2) is 0 Å². The van der Waals surface area contributed by atoms with E-state index in [1.54, 1.807) is 0 Å².